The molecule has 1 aromatic rings. The van der Waals surface area contributed by atoms with E-state index in [4.69, 9.17) is 4.74 Å². The first kappa shape index (κ1) is 12.9. The second-order valence-corrected chi connectivity index (χ2v) is 4.88. The summed E-state index contributed by atoms with van der Waals surface area (Å²) in [7, 11) is 0. The van der Waals surface area contributed by atoms with E-state index < -0.39 is 0 Å². The lowest BCUT2D eigenvalue weighted by molar-refractivity contribution is -0.120. The van der Waals surface area contributed by atoms with Crippen LogP contribution in [0.25, 0.3) is 0 Å². The fraction of sp³-hybridized carbons (Fsp3) is 0.533. The van der Waals surface area contributed by atoms with Gasteiger partial charge in [-0.2, -0.15) is 0 Å². The van der Waals surface area contributed by atoms with Crippen LogP contribution in [0.1, 0.15) is 33.1 Å². The van der Waals surface area contributed by atoms with E-state index in [9.17, 15) is 4.79 Å². The second kappa shape index (κ2) is 5.89. The van der Waals surface area contributed by atoms with Gasteiger partial charge in [-0.1, -0.05) is 6.92 Å². The van der Waals surface area contributed by atoms with Crippen LogP contribution in [0.3, 0.4) is 0 Å². The topological polar surface area (TPSA) is 29.5 Å². The molecule has 1 saturated heterocycles. The van der Waals surface area contributed by atoms with Gasteiger partial charge in [0.15, 0.2) is 0 Å². The minimum Gasteiger partial charge on any atom is -0.494 e. The first-order valence-electron chi connectivity index (χ1n) is 6.72. The Hall–Kier alpha value is -1.51. The molecule has 1 unspecified atom stereocenters. The van der Waals surface area contributed by atoms with Crippen molar-refractivity contribution in [1.82, 2.24) is 0 Å². The highest BCUT2D eigenvalue weighted by atomic mass is 16.5. The molecule has 98 valence electrons. The lowest BCUT2D eigenvalue weighted by atomic mass is 10.0. The molecular weight excluding hydrogens is 226 g/mol. The van der Waals surface area contributed by atoms with E-state index in [-0.39, 0.29) is 0 Å². The van der Waals surface area contributed by atoms with Crippen molar-refractivity contribution in [2.75, 3.05) is 18.1 Å². The molecule has 0 aromatic heterocycles. The van der Waals surface area contributed by atoms with E-state index in [0.717, 1.165) is 25.3 Å². The summed E-state index contributed by atoms with van der Waals surface area (Å²) < 4.78 is 5.57. The Morgan fingerprint density at radius 3 is 2.67 bits per heavy atom. The maximum absolute atomic E-state index is 11.4. The number of hydrogen-bond donors (Lipinski definition) is 0. The van der Waals surface area contributed by atoms with Gasteiger partial charge in [-0.05, 0) is 37.6 Å². The third-order valence-corrected chi connectivity index (χ3v) is 3.33. The Balaban J connectivity index is 2.02. The van der Waals surface area contributed by atoms with Gasteiger partial charge in [-0.25, -0.2) is 0 Å². The number of nitrogens with zero attached hydrogens (tertiary/aromatic N) is 1. The molecule has 0 radical (unpaired) electrons. The zero-order valence-corrected chi connectivity index (χ0v) is 11.2. The summed E-state index contributed by atoms with van der Waals surface area (Å²) in [4.78, 5) is 13.7. The largest absolute Gasteiger partial charge is 0.494 e. The minimum atomic E-state index is 0.300. The average Bonchev–Trinajstić information content (AvgIpc) is 2.37. The Morgan fingerprint density at radius 2 is 2.06 bits per heavy atom. The Labute approximate surface area is 109 Å². The molecule has 18 heavy (non-hydrogen) atoms. The quantitative estimate of drug-likeness (QED) is 0.819. The minimum absolute atomic E-state index is 0.300. The Kier molecular flexibility index (Phi) is 4.24. The maximum Gasteiger partial charge on any atom is 0.136 e. The van der Waals surface area contributed by atoms with Crippen LogP contribution >= 0.6 is 0 Å². The predicted molar refractivity (Wildman–Crippen MR) is 73.3 cm³/mol. The first-order chi connectivity index (χ1) is 8.70. The monoisotopic (exact) mass is 247 g/mol. The SMILES string of the molecule is CCCOc1ccc(N2CCC(=O)CC2C)cc1. The fourth-order valence-corrected chi connectivity index (χ4v) is 2.34. The summed E-state index contributed by atoms with van der Waals surface area (Å²) in [5, 5.41) is 0. The molecule has 2 rings (SSSR count). The third kappa shape index (κ3) is 3.03. The van der Waals surface area contributed by atoms with Crippen molar-refractivity contribution in [3.63, 3.8) is 0 Å². The number of rotatable bonds is 4. The van der Waals surface area contributed by atoms with Gasteiger partial charge in [-0.3, -0.25) is 4.79 Å². The number of piperidine rings is 1. The summed E-state index contributed by atoms with van der Waals surface area (Å²) in [6.45, 7) is 5.79. The molecule has 1 atom stereocenters. The van der Waals surface area contributed by atoms with Gasteiger partial charge in [0.1, 0.15) is 11.5 Å². The standard InChI is InChI=1S/C15H21NO2/c1-3-10-18-15-6-4-13(5-7-15)16-9-8-14(17)11-12(16)2/h4-7,12H,3,8-11H2,1-2H3. The molecule has 0 amide bonds. The van der Waals surface area contributed by atoms with Crippen LogP contribution < -0.4 is 9.64 Å². The summed E-state index contributed by atoms with van der Waals surface area (Å²) in [6, 6.07) is 8.48. The van der Waals surface area contributed by atoms with Crippen LogP contribution in [-0.4, -0.2) is 25.0 Å². The van der Waals surface area contributed by atoms with Crippen molar-refractivity contribution in [2.45, 2.75) is 39.2 Å². The number of carbonyl (C=O) groups is 1. The molecule has 0 aliphatic carbocycles. The first-order valence-corrected chi connectivity index (χ1v) is 6.72. The van der Waals surface area contributed by atoms with Crippen molar-refractivity contribution in [3.8, 4) is 5.75 Å². The lowest BCUT2D eigenvalue weighted by Crippen LogP contribution is -2.41. The predicted octanol–water partition coefficient (Wildman–Crippen LogP) is 3.03. The molecule has 1 aliphatic heterocycles. The summed E-state index contributed by atoms with van der Waals surface area (Å²) >= 11 is 0. The van der Waals surface area contributed by atoms with Crippen molar-refractivity contribution >= 4 is 11.5 Å². The smallest absolute Gasteiger partial charge is 0.136 e. The molecule has 1 heterocycles. The molecular formula is C15H21NO2. The van der Waals surface area contributed by atoms with Gasteiger partial charge in [-0.15, -0.1) is 0 Å². The van der Waals surface area contributed by atoms with Crippen molar-refractivity contribution < 1.29 is 9.53 Å². The van der Waals surface area contributed by atoms with Gasteiger partial charge < -0.3 is 9.64 Å². The van der Waals surface area contributed by atoms with Crippen LogP contribution in [0.15, 0.2) is 24.3 Å². The highest BCUT2D eigenvalue weighted by Crippen LogP contribution is 2.25. The number of benzene rings is 1. The van der Waals surface area contributed by atoms with E-state index in [1.807, 2.05) is 12.1 Å². The highest BCUT2D eigenvalue weighted by molar-refractivity contribution is 5.81. The van der Waals surface area contributed by atoms with Crippen molar-refractivity contribution in [3.05, 3.63) is 24.3 Å². The van der Waals surface area contributed by atoms with Gasteiger partial charge in [0.25, 0.3) is 0 Å². The van der Waals surface area contributed by atoms with E-state index in [1.165, 1.54) is 5.69 Å². The number of ether oxygens (including phenoxy) is 1. The molecule has 0 bridgehead atoms. The number of Topliss-reactive ketones (excluding diaryl/α,β-unsaturated/α-hetero) is 1. The number of ketones is 1. The van der Waals surface area contributed by atoms with Gasteiger partial charge >= 0.3 is 0 Å². The van der Waals surface area contributed by atoms with Crippen LogP contribution in [0, 0.1) is 0 Å². The third-order valence-electron chi connectivity index (χ3n) is 3.33. The summed E-state index contributed by atoms with van der Waals surface area (Å²) in [5.74, 6) is 1.29. The molecule has 1 fully saturated rings. The average molecular weight is 247 g/mol. The second-order valence-electron chi connectivity index (χ2n) is 4.88. The highest BCUT2D eigenvalue weighted by Gasteiger charge is 2.23. The number of anilines is 1. The van der Waals surface area contributed by atoms with Gasteiger partial charge in [0.05, 0.1) is 6.61 Å². The molecule has 0 spiro atoms. The van der Waals surface area contributed by atoms with E-state index in [0.29, 0.717) is 24.7 Å². The molecule has 1 aromatic carbocycles. The molecule has 0 saturated carbocycles. The van der Waals surface area contributed by atoms with E-state index in [1.54, 1.807) is 0 Å². The number of carbonyl (C=O) groups excluding carboxylic acids is 1. The zero-order valence-electron chi connectivity index (χ0n) is 11.2. The van der Waals surface area contributed by atoms with Crippen LogP contribution in [-0.2, 0) is 4.79 Å². The Morgan fingerprint density at radius 1 is 1.33 bits per heavy atom. The van der Waals surface area contributed by atoms with Crippen molar-refractivity contribution in [1.29, 1.82) is 0 Å². The van der Waals surface area contributed by atoms with Crippen LogP contribution in [0.4, 0.5) is 5.69 Å². The molecule has 1 aliphatic rings. The lowest BCUT2D eigenvalue weighted by Gasteiger charge is -2.34. The number of hydrogen-bond acceptors (Lipinski definition) is 3. The normalized spacial score (nSPS) is 20.0. The molecule has 3 heteroatoms. The zero-order chi connectivity index (χ0) is 13.0. The summed E-state index contributed by atoms with van der Waals surface area (Å²) in [5.41, 5.74) is 1.18. The summed E-state index contributed by atoms with van der Waals surface area (Å²) in [6.07, 6.45) is 2.35. The van der Waals surface area contributed by atoms with Crippen molar-refractivity contribution in [2.24, 2.45) is 0 Å². The Bertz CT molecular complexity index is 399. The molecule has 0 N–H and O–H groups in total. The van der Waals surface area contributed by atoms with E-state index >= 15 is 0 Å². The van der Waals surface area contributed by atoms with Crippen LogP contribution in [0.2, 0.25) is 0 Å². The van der Waals surface area contributed by atoms with Crippen LogP contribution in [0.5, 0.6) is 5.75 Å². The van der Waals surface area contributed by atoms with Gasteiger partial charge in [0, 0.05) is 31.1 Å². The van der Waals surface area contributed by atoms with E-state index in [2.05, 4.69) is 30.9 Å². The fourth-order valence-electron chi connectivity index (χ4n) is 2.34. The molecule has 3 nitrogen and oxygen atoms in total. The van der Waals surface area contributed by atoms with Gasteiger partial charge in [0.2, 0.25) is 0 Å². The maximum atomic E-state index is 11.4.